The third-order valence-electron chi connectivity index (χ3n) is 10.7. The number of ether oxygens (including phenoxy) is 8. The Balaban J connectivity index is 1.06. The van der Waals surface area contributed by atoms with Crippen LogP contribution in [0.2, 0.25) is 5.02 Å². The van der Waals surface area contributed by atoms with Crippen LogP contribution in [0, 0.1) is 0 Å². The predicted octanol–water partition coefficient (Wildman–Crippen LogP) is 12.8. The summed E-state index contributed by atoms with van der Waals surface area (Å²) in [5.41, 5.74) is 3.66. The fraction of sp³-hybridized carbons (Fsp3) is 0.268. The van der Waals surface area contributed by atoms with E-state index >= 15 is 0 Å². The molecule has 1 aromatic heterocycles. The fourth-order valence-corrected chi connectivity index (χ4v) is 8.28. The third-order valence-corrected chi connectivity index (χ3v) is 12.4. The number of para-hydroxylation sites is 1. The second kappa shape index (κ2) is 30.5. The Hall–Kier alpha value is -7.67. The van der Waals surface area contributed by atoms with E-state index in [1.807, 2.05) is 24.3 Å². The number of carbonyl (C=O) groups is 5. The van der Waals surface area contributed by atoms with E-state index in [0.717, 1.165) is 72.0 Å². The minimum absolute atomic E-state index is 0.00500. The van der Waals surface area contributed by atoms with Gasteiger partial charge in [0.25, 0.3) is 0 Å². The monoisotopic (exact) mass is 1080 g/mol. The van der Waals surface area contributed by atoms with Crippen molar-refractivity contribution in [2.45, 2.75) is 58.0 Å². The summed E-state index contributed by atoms with van der Waals surface area (Å²) in [7, 11) is 0. The lowest BCUT2D eigenvalue weighted by Crippen LogP contribution is -2.18. The van der Waals surface area contributed by atoms with E-state index in [-0.39, 0.29) is 43.5 Å². The number of thiazole rings is 1. The summed E-state index contributed by atoms with van der Waals surface area (Å²) >= 11 is 12.7. The Bertz CT molecular complexity index is 2880. The molecule has 0 aliphatic rings. The number of aromatic nitrogens is 1. The van der Waals surface area contributed by atoms with Gasteiger partial charge >= 0.3 is 30.2 Å². The number of benzene rings is 5. The van der Waals surface area contributed by atoms with Crippen molar-refractivity contribution in [1.82, 2.24) is 4.98 Å². The van der Waals surface area contributed by atoms with E-state index in [1.165, 1.54) is 11.3 Å². The van der Waals surface area contributed by atoms with E-state index in [4.69, 9.17) is 59.6 Å². The molecule has 0 unspecified atom stereocenters. The molecule has 0 atom stereocenters. The normalized spacial score (nSPS) is 10.9. The number of carbonyl (C=O) groups excluding carboxylic acids is 5. The van der Waals surface area contributed by atoms with Crippen LogP contribution in [0.5, 0.6) is 23.0 Å². The van der Waals surface area contributed by atoms with Gasteiger partial charge in [-0.05, 0) is 103 Å². The van der Waals surface area contributed by atoms with Crippen LogP contribution >= 0.6 is 35.6 Å². The van der Waals surface area contributed by atoms with E-state index in [1.54, 1.807) is 96.2 Å². The molecule has 0 aliphatic carbocycles. The molecule has 0 fully saturated rings. The van der Waals surface area contributed by atoms with Gasteiger partial charge in [-0.15, -0.1) is 0 Å². The number of esters is 3. The van der Waals surface area contributed by atoms with Crippen molar-refractivity contribution in [2.24, 2.45) is 5.10 Å². The zero-order valence-electron chi connectivity index (χ0n) is 41.0. The summed E-state index contributed by atoms with van der Waals surface area (Å²) in [6, 6.07) is 31.0. The summed E-state index contributed by atoms with van der Waals surface area (Å²) in [4.78, 5) is 65.3. The van der Waals surface area contributed by atoms with Gasteiger partial charge in [-0.2, -0.15) is 17.7 Å². The maximum absolute atomic E-state index is 13.8. The summed E-state index contributed by atoms with van der Waals surface area (Å²) in [6.45, 7) is 8.01. The molecule has 0 radical (unpaired) electrons. The molecule has 1 heterocycles. The maximum Gasteiger partial charge on any atom is 0.513 e. The Morgan fingerprint density at radius 2 is 1.25 bits per heavy atom. The largest absolute Gasteiger partial charge is 0.513 e. The van der Waals surface area contributed by atoms with Crippen LogP contribution in [0.25, 0.3) is 21.3 Å². The van der Waals surface area contributed by atoms with Crippen LogP contribution in [0.15, 0.2) is 140 Å². The topological polar surface area (TPSA) is 188 Å². The summed E-state index contributed by atoms with van der Waals surface area (Å²) in [5, 5.41) is 7.62. The third kappa shape index (κ3) is 19.0. The SMILES string of the molecule is C=CC(=O)OCCCCCCCCOC(=O)Oc1ccc(-c2ccc(OC(=O)c3ccc(OCc4ccc(OC(=O)OCCCOC(=O)C=C)cc4)c(/C=N/N(CCCS)c4nc5ccccc5s4)c3)cc2Cl)cc1. The fourth-order valence-electron chi connectivity index (χ4n) is 6.91. The summed E-state index contributed by atoms with van der Waals surface area (Å²) in [5.74, 6) is 0.167. The van der Waals surface area contributed by atoms with Crippen molar-refractivity contribution >= 4 is 87.3 Å². The highest BCUT2D eigenvalue weighted by Gasteiger charge is 2.17. The van der Waals surface area contributed by atoms with Gasteiger partial charge in [-0.1, -0.05) is 98.2 Å². The molecule has 75 heavy (non-hydrogen) atoms. The first-order valence-electron chi connectivity index (χ1n) is 24.1. The molecule has 5 aromatic carbocycles. The molecular weight excluding hydrogens is 1020 g/mol. The number of nitrogens with zero attached hydrogens (tertiary/aromatic N) is 3. The predicted molar refractivity (Wildman–Crippen MR) is 291 cm³/mol. The molecule has 0 saturated carbocycles. The van der Waals surface area contributed by atoms with Crippen LogP contribution in [0.3, 0.4) is 0 Å². The van der Waals surface area contributed by atoms with E-state index in [9.17, 15) is 24.0 Å². The van der Waals surface area contributed by atoms with Crippen molar-refractivity contribution in [3.63, 3.8) is 0 Å². The maximum atomic E-state index is 13.8. The molecule has 0 N–H and O–H groups in total. The highest BCUT2D eigenvalue weighted by atomic mass is 35.5. The molecule has 392 valence electrons. The molecular formula is C56H56ClN3O13S2. The second-order valence-corrected chi connectivity index (χ2v) is 18.1. The average molecular weight is 1080 g/mol. The lowest BCUT2D eigenvalue weighted by Gasteiger charge is -2.16. The van der Waals surface area contributed by atoms with E-state index < -0.39 is 30.2 Å². The molecule has 16 nitrogen and oxygen atoms in total. The number of rotatable bonds is 29. The first kappa shape index (κ1) is 56.6. The first-order chi connectivity index (χ1) is 36.5. The van der Waals surface area contributed by atoms with E-state index in [0.29, 0.717) is 64.5 Å². The molecule has 19 heteroatoms. The van der Waals surface area contributed by atoms with Crippen molar-refractivity contribution in [1.29, 1.82) is 0 Å². The number of halogens is 1. The van der Waals surface area contributed by atoms with Crippen LogP contribution in [-0.2, 0) is 35.1 Å². The zero-order valence-corrected chi connectivity index (χ0v) is 43.5. The number of thiol groups is 1. The quantitative estimate of drug-likeness (QED) is 0.00537. The molecule has 0 spiro atoms. The molecule has 6 rings (SSSR count). The van der Waals surface area contributed by atoms with Gasteiger partial charge in [0.2, 0.25) is 5.13 Å². The lowest BCUT2D eigenvalue weighted by atomic mass is 10.1. The number of anilines is 1. The Kier molecular flexibility index (Phi) is 23.0. The minimum atomic E-state index is -0.906. The van der Waals surface area contributed by atoms with Crippen molar-refractivity contribution < 1.29 is 61.9 Å². The number of hydrazone groups is 1. The van der Waals surface area contributed by atoms with Gasteiger partial charge in [-0.3, -0.25) is 0 Å². The smallest absolute Gasteiger partial charge is 0.488 e. The Labute approximate surface area is 449 Å². The van der Waals surface area contributed by atoms with Gasteiger partial charge in [0, 0.05) is 42.3 Å². The average Bonchev–Trinajstić information content (AvgIpc) is 3.86. The Morgan fingerprint density at radius 1 is 0.653 bits per heavy atom. The van der Waals surface area contributed by atoms with Gasteiger partial charge in [0.15, 0.2) is 0 Å². The van der Waals surface area contributed by atoms with Crippen LogP contribution < -0.4 is 24.0 Å². The Morgan fingerprint density at radius 3 is 1.89 bits per heavy atom. The molecule has 0 saturated heterocycles. The number of hydrogen-bond donors (Lipinski definition) is 1. The molecule has 0 amide bonds. The van der Waals surface area contributed by atoms with Gasteiger partial charge in [0.05, 0.1) is 53.4 Å². The highest BCUT2D eigenvalue weighted by molar-refractivity contribution is 7.80. The lowest BCUT2D eigenvalue weighted by molar-refractivity contribution is -0.138. The van der Waals surface area contributed by atoms with Crippen LogP contribution in [0.4, 0.5) is 14.7 Å². The van der Waals surface area contributed by atoms with E-state index in [2.05, 4.69) is 25.8 Å². The minimum Gasteiger partial charge on any atom is -0.488 e. The molecule has 0 aliphatic heterocycles. The number of fused-ring (bicyclic) bond motifs is 1. The van der Waals surface area contributed by atoms with Gasteiger partial charge < -0.3 is 37.9 Å². The van der Waals surface area contributed by atoms with Crippen LogP contribution in [-0.4, -0.2) is 80.1 Å². The van der Waals surface area contributed by atoms with Crippen molar-refractivity contribution in [3.05, 3.63) is 156 Å². The van der Waals surface area contributed by atoms with Crippen LogP contribution in [0.1, 0.15) is 72.9 Å². The standard InChI is InChI=1S/C56H56ClN3O13S2/c1-3-51(61)66-30-11-7-5-6-8-12-31-68-55(64)73-44-24-19-40(20-25-44)46-27-26-45(36-47(46)57)71-53(63)41-21-28-49(42(35-41)37-58-60(29-13-34-74)54-59-48-15-9-10-16-50(48)75-54)70-38-39-17-22-43(23-18-39)72-56(65)69-33-14-32-67-52(62)4-2/h3-4,9-10,15-28,35-37,74H,1-2,5-8,11-14,29-34,38H2/b58-37+. The summed E-state index contributed by atoms with van der Waals surface area (Å²) in [6.07, 6.45) is 8.39. The number of hydrogen-bond acceptors (Lipinski definition) is 18. The van der Waals surface area contributed by atoms with Gasteiger partial charge in [0.1, 0.15) is 29.6 Å². The van der Waals surface area contributed by atoms with Crippen molar-refractivity contribution in [2.75, 3.05) is 43.7 Å². The first-order valence-corrected chi connectivity index (χ1v) is 25.9. The molecule has 0 bridgehead atoms. The molecule has 6 aromatic rings. The highest BCUT2D eigenvalue weighted by Crippen LogP contribution is 2.34. The zero-order chi connectivity index (χ0) is 53.2. The summed E-state index contributed by atoms with van der Waals surface area (Å²) < 4.78 is 43.8. The number of unbranched alkanes of at least 4 members (excludes halogenated alkanes) is 5. The second-order valence-electron chi connectivity index (χ2n) is 16.3. The van der Waals surface area contributed by atoms with Gasteiger partial charge in [-0.25, -0.2) is 34.0 Å². The van der Waals surface area contributed by atoms with Crippen molar-refractivity contribution in [3.8, 4) is 34.1 Å².